The second-order valence-corrected chi connectivity index (χ2v) is 4.54. The summed E-state index contributed by atoms with van der Waals surface area (Å²) >= 11 is 3.34. The van der Waals surface area contributed by atoms with Crippen LogP contribution in [0.5, 0.6) is 0 Å². The molecule has 1 aromatic rings. The van der Waals surface area contributed by atoms with E-state index in [-0.39, 0.29) is 5.41 Å². The van der Waals surface area contributed by atoms with Gasteiger partial charge in [-0.3, -0.25) is 0 Å². The molecule has 0 aromatic carbocycles. The molecule has 0 unspecified atom stereocenters. The Morgan fingerprint density at radius 1 is 1.36 bits per heavy atom. The van der Waals surface area contributed by atoms with E-state index >= 15 is 0 Å². The van der Waals surface area contributed by atoms with Crippen LogP contribution in [0.2, 0.25) is 0 Å². The summed E-state index contributed by atoms with van der Waals surface area (Å²) in [4.78, 5) is 0. The van der Waals surface area contributed by atoms with Crippen LogP contribution >= 0.6 is 15.9 Å². The van der Waals surface area contributed by atoms with E-state index in [2.05, 4.69) is 42.8 Å². The first-order valence-corrected chi connectivity index (χ1v) is 4.47. The summed E-state index contributed by atoms with van der Waals surface area (Å²) in [6.07, 6.45) is 0. The lowest BCUT2D eigenvalue weighted by atomic mass is 9.93. The number of hydrogen-bond donors (Lipinski definition) is 0. The van der Waals surface area contributed by atoms with Gasteiger partial charge in [0.25, 0.3) is 0 Å². The Morgan fingerprint density at radius 3 is 2.09 bits per heavy atom. The van der Waals surface area contributed by atoms with Gasteiger partial charge in [-0.05, 0) is 28.9 Å². The lowest BCUT2D eigenvalue weighted by Crippen LogP contribution is -2.08. The van der Waals surface area contributed by atoms with Crippen LogP contribution < -0.4 is 0 Å². The van der Waals surface area contributed by atoms with Crippen molar-refractivity contribution in [3.63, 3.8) is 0 Å². The fourth-order valence-corrected chi connectivity index (χ4v) is 1.12. The first-order chi connectivity index (χ1) is 4.91. The van der Waals surface area contributed by atoms with Crippen molar-refractivity contribution in [2.24, 2.45) is 0 Å². The van der Waals surface area contributed by atoms with Gasteiger partial charge in [-0.1, -0.05) is 20.8 Å². The quantitative estimate of drug-likeness (QED) is 0.646. The normalized spacial score (nSPS) is 12.1. The molecule has 0 radical (unpaired) electrons. The van der Waals surface area contributed by atoms with Gasteiger partial charge in [-0.2, -0.15) is 0 Å². The molecule has 1 aromatic heterocycles. The Labute approximate surface area is 75.9 Å². The molecule has 1 nitrogen and oxygen atoms in total. The van der Waals surface area contributed by atoms with Crippen LogP contribution in [0.15, 0.2) is 15.2 Å². The molecule has 1 rings (SSSR count). The van der Waals surface area contributed by atoms with E-state index in [1.807, 2.05) is 6.92 Å². The second-order valence-electron chi connectivity index (χ2n) is 3.82. The van der Waals surface area contributed by atoms with E-state index in [0.29, 0.717) is 0 Å². The minimum atomic E-state index is 0.108. The Morgan fingerprint density at radius 2 is 1.91 bits per heavy atom. The molecule has 0 N–H and O–H groups in total. The van der Waals surface area contributed by atoms with Crippen molar-refractivity contribution < 1.29 is 4.42 Å². The van der Waals surface area contributed by atoms with Gasteiger partial charge < -0.3 is 4.42 Å². The summed E-state index contributed by atoms with van der Waals surface area (Å²) in [7, 11) is 0. The summed E-state index contributed by atoms with van der Waals surface area (Å²) < 4.78 is 6.34. The minimum absolute atomic E-state index is 0.108. The zero-order valence-electron chi connectivity index (χ0n) is 7.36. The number of rotatable bonds is 0. The molecule has 1 heterocycles. The number of aryl methyl sites for hydroxylation is 1. The Bertz CT molecular complexity index is 236. The molecule has 2 heteroatoms. The SMILES string of the molecule is Cc1cc(C(C)(C)C)oc1Br. The molecule has 0 aliphatic heterocycles. The average molecular weight is 217 g/mol. The van der Waals surface area contributed by atoms with E-state index in [4.69, 9.17) is 4.42 Å². The van der Waals surface area contributed by atoms with Gasteiger partial charge in [0, 0.05) is 11.0 Å². The smallest absolute Gasteiger partial charge is 0.172 e. The van der Waals surface area contributed by atoms with Gasteiger partial charge >= 0.3 is 0 Å². The summed E-state index contributed by atoms with van der Waals surface area (Å²) in [5, 5.41) is 0. The molecular formula is C9H13BrO. The van der Waals surface area contributed by atoms with Gasteiger partial charge in [0.1, 0.15) is 5.76 Å². The summed E-state index contributed by atoms with van der Waals surface area (Å²) in [5.41, 5.74) is 1.27. The standard InChI is InChI=1S/C9H13BrO/c1-6-5-7(9(2,3)4)11-8(6)10/h5H,1-4H3. The van der Waals surface area contributed by atoms with Gasteiger partial charge in [0.05, 0.1) is 0 Å². The lowest BCUT2D eigenvalue weighted by Gasteiger charge is -2.13. The maximum atomic E-state index is 5.50. The minimum Gasteiger partial charge on any atom is -0.454 e. The molecule has 0 fully saturated rings. The first kappa shape index (κ1) is 8.85. The lowest BCUT2D eigenvalue weighted by molar-refractivity contribution is 0.397. The first-order valence-electron chi connectivity index (χ1n) is 3.67. The number of furan rings is 1. The fourth-order valence-electron chi connectivity index (χ4n) is 0.829. The van der Waals surface area contributed by atoms with Crippen LogP contribution in [0.1, 0.15) is 32.1 Å². The molecule has 0 aliphatic carbocycles. The molecule has 0 saturated carbocycles. The van der Waals surface area contributed by atoms with Crippen LogP contribution in [0.3, 0.4) is 0 Å². The van der Waals surface area contributed by atoms with Crippen molar-refractivity contribution in [1.82, 2.24) is 0 Å². The molecule has 0 aliphatic rings. The highest BCUT2D eigenvalue weighted by molar-refractivity contribution is 9.10. The Balaban J connectivity index is 3.08. The highest BCUT2D eigenvalue weighted by atomic mass is 79.9. The van der Waals surface area contributed by atoms with Gasteiger partial charge in [0.15, 0.2) is 4.67 Å². The number of halogens is 1. The van der Waals surface area contributed by atoms with Crippen LogP contribution in [0.4, 0.5) is 0 Å². The van der Waals surface area contributed by atoms with Crippen LogP contribution in [0.25, 0.3) is 0 Å². The van der Waals surface area contributed by atoms with Gasteiger partial charge in [-0.15, -0.1) is 0 Å². The van der Waals surface area contributed by atoms with Crippen molar-refractivity contribution >= 4 is 15.9 Å². The summed E-state index contributed by atoms with van der Waals surface area (Å²) in [5.74, 6) is 1.03. The topological polar surface area (TPSA) is 13.1 Å². The van der Waals surface area contributed by atoms with Gasteiger partial charge in [-0.25, -0.2) is 0 Å². The highest BCUT2D eigenvalue weighted by Crippen LogP contribution is 2.29. The third kappa shape index (κ3) is 1.86. The van der Waals surface area contributed by atoms with Crippen molar-refractivity contribution in [3.8, 4) is 0 Å². The predicted octanol–water partition coefficient (Wildman–Crippen LogP) is 3.65. The molecule has 0 amide bonds. The zero-order chi connectivity index (χ0) is 8.65. The molecular weight excluding hydrogens is 204 g/mol. The van der Waals surface area contributed by atoms with Crippen LogP contribution in [0, 0.1) is 6.92 Å². The maximum absolute atomic E-state index is 5.50. The number of hydrogen-bond acceptors (Lipinski definition) is 1. The van der Waals surface area contributed by atoms with Crippen molar-refractivity contribution in [3.05, 3.63) is 22.1 Å². The zero-order valence-corrected chi connectivity index (χ0v) is 8.95. The van der Waals surface area contributed by atoms with Crippen LogP contribution in [-0.2, 0) is 5.41 Å². The Hall–Kier alpha value is -0.240. The summed E-state index contributed by atoms with van der Waals surface area (Å²) in [6.45, 7) is 8.44. The summed E-state index contributed by atoms with van der Waals surface area (Å²) in [6, 6.07) is 2.07. The van der Waals surface area contributed by atoms with Crippen molar-refractivity contribution in [1.29, 1.82) is 0 Å². The molecule has 0 atom stereocenters. The van der Waals surface area contributed by atoms with E-state index in [1.165, 1.54) is 0 Å². The maximum Gasteiger partial charge on any atom is 0.172 e. The highest BCUT2D eigenvalue weighted by Gasteiger charge is 2.19. The van der Waals surface area contributed by atoms with Crippen molar-refractivity contribution in [2.75, 3.05) is 0 Å². The molecule has 0 saturated heterocycles. The van der Waals surface area contributed by atoms with Gasteiger partial charge in [0.2, 0.25) is 0 Å². The van der Waals surface area contributed by atoms with E-state index < -0.39 is 0 Å². The molecule has 62 valence electrons. The Kier molecular flexibility index (Phi) is 2.15. The second kappa shape index (κ2) is 2.67. The van der Waals surface area contributed by atoms with E-state index in [0.717, 1.165) is 16.0 Å². The molecule has 0 spiro atoms. The third-order valence-electron chi connectivity index (χ3n) is 1.60. The third-order valence-corrected chi connectivity index (χ3v) is 2.38. The average Bonchev–Trinajstić information content (AvgIpc) is 2.11. The molecule has 0 bridgehead atoms. The van der Waals surface area contributed by atoms with Crippen LogP contribution in [-0.4, -0.2) is 0 Å². The predicted molar refractivity (Wildman–Crippen MR) is 49.8 cm³/mol. The fraction of sp³-hybridized carbons (Fsp3) is 0.556. The monoisotopic (exact) mass is 216 g/mol. The van der Waals surface area contributed by atoms with Crippen molar-refractivity contribution in [2.45, 2.75) is 33.1 Å². The molecule has 11 heavy (non-hydrogen) atoms. The van der Waals surface area contributed by atoms with E-state index in [9.17, 15) is 0 Å². The largest absolute Gasteiger partial charge is 0.454 e. The van der Waals surface area contributed by atoms with E-state index in [1.54, 1.807) is 0 Å².